The number of fused-ring (bicyclic) bond motifs is 1. The van der Waals surface area contributed by atoms with Crippen LogP contribution in [0.15, 0.2) is 0 Å². The summed E-state index contributed by atoms with van der Waals surface area (Å²) in [4.78, 5) is 18.4. The van der Waals surface area contributed by atoms with Gasteiger partial charge in [-0.15, -0.1) is 23.7 Å². The predicted octanol–water partition coefficient (Wildman–Crippen LogP) is 3.01. The summed E-state index contributed by atoms with van der Waals surface area (Å²) in [6.07, 6.45) is 10.9. The van der Waals surface area contributed by atoms with Crippen LogP contribution in [0.2, 0.25) is 0 Å². The highest BCUT2D eigenvalue weighted by molar-refractivity contribution is 7.11. The van der Waals surface area contributed by atoms with Crippen LogP contribution in [-0.2, 0) is 24.1 Å². The Morgan fingerprint density at radius 1 is 1.26 bits per heavy atom. The normalized spacial score (nSPS) is 23.7. The summed E-state index contributed by atoms with van der Waals surface area (Å²) >= 11 is 1.88. The van der Waals surface area contributed by atoms with Gasteiger partial charge in [-0.2, -0.15) is 0 Å². The van der Waals surface area contributed by atoms with Crippen molar-refractivity contribution in [2.24, 2.45) is 11.7 Å². The molecule has 130 valence electrons. The lowest BCUT2D eigenvalue weighted by Crippen LogP contribution is -2.38. The summed E-state index contributed by atoms with van der Waals surface area (Å²) in [6.45, 7) is 0.759. The molecule has 1 fully saturated rings. The Balaban J connectivity index is 0.00000192. The molecule has 0 spiro atoms. The standard InChI is InChI=1S/C17H27N3OS.ClH/c18-13-6-3-5-12(11-13)17(21)19-10-4-9-16-20-14-7-1-2-8-15(14)22-16;/h12-13H,1-11,18H2,(H,19,21);1H. The molecule has 2 aliphatic rings. The Morgan fingerprint density at radius 2 is 2.09 bits per heavy atom. The zero-order valence-corrected chi connectivity index (χ0v) is 15.3. The number of nitrogens with one attached hydrogen (secondary N) is 1. The molecule has 2 atom stereocenters. The molecular weight excluding hydrogens is 330 g/mol. The first-order valence-corrected chi connectivity index (χ1v) is 9.55. The van der Waals surface area contributed by atoms with Gasteiger partial charge in [-0.1, -0.05) is 6.42 Å². The van der Waals surface area contributed by atoms with Gasteiger partial charge in [0.2, 0.25) is 5.91 Å². The van der Waals surface area contributed by atoms with E-state index in [-0.39, 0.29) is 30.3 Å². The van der Waals surface area contributed by atoms with E-state index in [1.54, 1.807) is 0 Å². The third kappa shape index (κ3) is 5.16. The molecule has 1 heterocycles. The van der Waals surface area contributed by atoms with Gasteiger partial charge >= 0.3 is 0 Å². The second-order valence-electron chi connectivity index (χ2n) is 6.70. The first-order valence-electron chi connectivity index (χ1n) is 8.73. The lowest BCUT2D eigenvalue weighted by Gasteiger charge is -2.25. The Bertz CT molecular complexity index is 496. The minimum Gasteiger partial charge on any atom is -0.356 e. The van der Waals surface area contributed by atoms with Gasteiger partial charge in [0.15, 0.2) is 0 Å². The van der Waals surface area contributed by atoms with E-state index >= 15 is 0 Å². The summed E-state index contributed by atoms with van der Waals surface area (Å²) in [5.74, 6) is 0.338. The van der Waals surface area contributed by atoms with E-state index in [2.05, 4.69) is 5.32 Å². The zero-order valence-electron chi connectivity index (χ0n) is 13.7. The highest BCUT2D eigenvalue weighted by Gasteiger charge is 2.24. The summed E-state index contributed by atoms with van der Waals surface area (Å²) in [6, 6.07) is 0.214. The van der Waals surface area contributed by atoms with E-state index in [0.717, 1.165) is 51.5 Å². The molecule has 3 rings (SSSR count). The van der Waals surface area contributed by atoms with Crippen LogP contribution < -0.4 is 11.1 Å². The molecule has 1 saturated carbocycles. The fourth-order valence-electron chi connectivity index (χ4n) is 3.57. The number of nitrogens with zero attached hydrogens (tertiary/aromatic N) is 1. The molecular formula is C17H28ClN3OS. The van der Waals surface area contributed by atoms with Crippen molar-refractivity contribution in [3.05, 3.63) is 15.6 Å². The zero-order chi connectivity index (χ0) is 15.4. The van der Waals surface area contributed by atoms with E-state index < -0.39 is 0 Å². The SMILES string of the molecule is Cl.NC1CCCC(C(=O)NCCCc2nc3c(s2)CCCC3)C1. The van der Waals surface area contributed by atoms with Gasteiger partial charge in [0, 0.05) is 29.8 Å². The third-order valence-electron chi connectivity index (χ3n) is 4.84. The number of carbonyl (C=O) groups is 1. The maximum atomic E-state index is 12.1. The second kappa shape index (κ2) is 9.00. The Kier molecular flexibility index (Phi) is 7.31. The maximum absolute atomic E-state index is 12.1. The molecule has 0 saturated heterocycles. The van der Waals surface area contributed by atoms with Gasteiger partial charge in [-0.05, 0) is 51.4 Å². The molecule has 2 unspecified atom stereocenters. The Hall–Kier alpha value is -0.650. The summed E-state index contributed by atoms with van der Waals surface area (Å²) in [5.41, 5.74) is 7.29. The molecule has 0 aliphatic heterocycles. The molecule has 3 N–H and O–H groups in total. The van der Waals surface area contributed by atoms with Gasteiger partial charge in [-0.3, -0.25) is 4.79 Å². The quantitative estimate of drug-likeness (QED) is 0.796. The number of aromatic nitrogens is 1. The monoisotopic (exact) mass is 357 g/mol. The highest BCUT2D eigenvalue weighted by atomic mass is 35.5. The number of thiazole rings is 1. The van der Waals surface area contributed by atoms with Crippen molar-refractivity contribution in [3.8, 4) is 0 Å². The van der Waals surface area contributed by atoms with Crippen molar-refractivity contribution in [2.45, 2.75) is 70.3 Å². The molecule has 0 bridgehead atoms. The molecule has 1 aromatic heterocycles. The number of nitrogens with two attached hydrogens (primary N) is 1. The highest BCUT2D eigenvalue weighted by Crippen LogP contribution is 2.27. The van der Waals surface area contributed by atoms with E-state index in [0.29, 0.717) is 0 Å². The summed E-state index contributed by atoms with van der Waals surface area (Å²) in [5, 5.41) is 4.34. The van der Waals surface area contributed by atoms with Crippen LogP contribution in [0.4, 0.5) is 0 Å². The van der Waals surface area contributed by atoms with Gasteiger partial charge in [0.05, 0.1) is 10.7 Å². The topological polar surface area (TPSA) is 68.0 Å². The molecule has 2 aliphatic carbocycles. The molecule has 23 heavy (non-hydrogen) atoms. The summed E-state index contributed by atoms with van der Waals surface area (Å²) < 4.78 is 0. The average molecular weight is 358 g/mol. The number of rotatable bonds is 5. The van der Waals surface area contributed by atoms with Crippen molar-refractivity contribution in [2.75, 3.05) is 6.54 Å². The fraction of sp³-hybridized carbons (Fsp3) is 0.765. The molecule has 1 aromatic rings. The van der Waals surface area contributed by atoms with E-state index in [9.17, 15) is 4.79 Å². The van der Waals surface area contributed by atoms with E-state index in [1.165, 1.54) is 34.8 Å². The second-order valence-corrected chi connectivity index (χ2v) is 7.87. The first-order chi connectivity index (χ1) is 10.7. The van der Waals surface area contributed by atoms with Crippen molar-refractivity contribution >= 4 is 29.7 Å². The van der Waals surface area contributed by atoms with Crippen molar-refractivity contribution < 1.29 is 4.79 Å². The van der Waals surface area contributed by atoms with Gasteiger partial charge in [0.1, 0.15) is 0 Å². The molecule has 4 nitrogen and oxygen atoms in total. The fourth-order valence-corrected chi connectivity index (χ4v) is 4.77. The van der Waals surface area contributed by atoms with Crippen LogP contribution in [0.25, 0.3) is 0 Å². The minimum absolute atomic E-state index is 0. The lowest BCUT2D eigenvalue weighted by molar-refractivity contribution is -0.126. The first kappa shape index (κ1) is 18.7. The van der Waals surface area contributed by atoms with E-state index in [4.69, 9.17) is 10.7 Å². The van der Waals surface area contributed by atoms with Crippen LogP contribution in [0.3, 0.4) is 0 Å². The number of carbonyl (C=O) groups excluding carboxylic acids is 1. The predicted molar refractivity (Wildman–Crippen MR) is 97.3 cm³/mol. The van der Waals surface area contributed by atoms with Gasteiger partial charge in [0.25, 0.3) is 0 Å². The smallest absolute Gasteiger partial charge is 0.223 e. The maximum Gasteiger partial charge on any atom is 0.223 e. The molecule has 0 radical (unpaired) electrons. The Morgan fingerprint density at radius 3 is 2.87 bits per heavy atom. The number of hydrogen-bond acceptors (Lipinski definition) is 4. The Labute approximate surface area is 149 Å². The minimum atomic E-state index is 0. The number of halogens is 1. The van der Waals surface area contributed by atoms with Crippen LogP contribution >= 0.6 is 23.7 Å². The van der Waals surface area contributed by atoms with Crippen molar-refractivity contribution in [1.82, 2.24) is 10.3 Å². The largest absolute Gasteiger partial charge is 0.356 e. The van der Waals surface area contributed by atoms with Crippen LogP contribution in [0.5, 0.6) is 0 Å². The summed E-state index contributed by atoms with van der Waals surface area (Å²) in [7, 11) is 0. The molecule has 1 amide bonds. The van der Waals surface area contributed by atoms with Crippen molar-refractivity contribution in [3.63, 3.8) is 0 Å². The number of aryl methyl sites for hydroxylation is 3. The van der Waals surface area contributed by atoms with Crippen molar-refractivity contribution in [1.29, 1.82) is 0 Å². The molecule has 6 heteroatoms. The van der Waals surface area contributed by atoms with Gasteiger partial charge < -0.3 is 11.1 Å². The average Bonchev–Trinajstić information content (AvgIpc) is 2.94. The van der Waals surface area contributed by atoms with Crippen LogP contribution in [-0.4, -0.2) is 23.5 Å². The number of amides is 1. The van der Waals surface area contributed by atoms with Crippen LogP contribution in [0, 0.1) is 5.92 Å². The molecule has 0 aromatic carbocycles. The van der Waals surface area contributed by atoms with Crippen LogP contribution in [0.1, 0.15) is 60.5 Å². The van der Waals surface area contributed by atoms with Gasteiger partial charge in [-0.25, -0.2) is 4.98 Å². The third-order valence-corrected chi connectivity index (χ3v) is 6.06. The lowest BCUT2D eigenvalue weighted by atomic mass is 9.85. The number of hydrogen-bond donors (Lipinski definition) is 2. The van der Waals surface area contributed by atoms with E-state index in [1.807, 2.05) is 11.3 Å².